The molecule has 0 aliphatic heterocycles. The van der Waals surface area contributed by atoms with Crippen LogP contribution in [0.2, 0.25) is 0 Å². The molecule has 0 fully saturated rings. The summed E-state index contributed by atoms with van der Waals surface area (Å²) >= 11 is 0. The molecule has 5 rings (SSSR count). The largest absolute Gasteiger partial charge is 0.497 e. The number of fused-ring (bicyclic) bond motifs is 3. The molecule has 0 atom stereocenters. The summed E-state index contributed by atoms with van der Waals surface area (Å²) in [6.07, 6.45) is 1.37. The molecule has 5 aromatic rings. The average Bonchev–Trinajstić information content (AvgIpc) is 3.32. The average molecular weight is 413 g/mol. The number of nitrogens with zero attached hydrogens (tertiary/aromatic N) is 5. The highest BCUT2D eigenvalue weighted by Crippen LogP contribution is 2.21. The van der Waals surface area contributed by atoms with Gasteiger partial charge in [0.2, 0.25) is 5.88 Å². The third-order valence-corrected chi connectivity index (χ3v) is 5.04. The molecule has 3 heterocycles. The van der Waals surface area contributed by atoms with Gasteiger partial charge in [0.15, 0.2) is 11.3 Å². The summed E-state index contributed by atoms with van der Waals surface area (Å²) in [5.74, 6) is 1.19. The predicted octanol–water partition coefficient (Wildman–Crippen LogP) is 3.08. The van der Waals surface area contributed by atoms with Gasteiger partial charge in [0, 0.05) is 6.07 Å². The van der Waals surface area contributed by atoms with Gasteiger partial charge in [0.1, 0.15) is 18.7 Å². The second-order valence-corrected chi connectivity index (χ2v) is 7.01. The SMILES string of the molecule is COc1ccc(Cn2c(=O)n3ncnc3c3ccc(OCc4ccccc4)nc32)cc1. The van der Waals surface area contributed by atoms with Crippen molar-refractivity contribution in [2.75, 3.05) is 7.11 Å². The number of methoxy groups -OCH3 is 1. The summed E-state index contributed by atoms with van der Waals surface area (Å²) in [5, 5.41) is 4.81. The molecule has 8 nitrogen and oxygen atoms in total. The van der Waals surface area contributed by atoms with Crippen molar-refractivity contribution in [3.63, 3.8) is 0 Å². The van der Waals surface area contributed by atoms with Crippen molar-refractivity contribution in [1.82, 2.24) is 24.1 Å². The maximum absolute atomic E-state index is 13.1. The van der Waals surface area contributed by atoms with Crippen LogP contribution in [0, 0.1) is 0 Å². The topological polar surface area (TPSA) is 83.5 Å². The van der Waals surface area contributed by atoms with Gasteiger partial charge in [-0.25, -0.2) is 9.78 Å². The Hall–Kier alpha value is -4.20. The Morgan fingerprint density at radius 2 is 1.71 bits per heavy atom. The van der Waals surface area contributed by atoms with Gasteiger partial charge in [0.05, 0.1) is 19.0 Å². The van der Waals surface area contributed by atoms with Crippen LogP contribution < -0.4 is 15.2 Å². The van der Waals surface area contributed by atoms with Gasteiger partial charge in [-0.3, -0.25) is 4.57 Å². The van der Waals surface area contributed by atoms with E-state index in [-0.39, 0.29) is 5.69 Å². The predicted molar refractivity (Wildman–Crippen MR) is 115 cm³/mol. The standard InChI is InChI=1S/C23H19N5O3/c1-30-18-9-7-16(8-10-18)13-27-22-19(21-24-15-25-28(21)23(27)29)11-12-20(26-22)31-14-17-5-3-2-4-6-17/h2-12,15H,13-14H2,1H3. The molecule has 0 spiro atoms. The molecule has 3 aromatic heterocycles. The van der Waals surface area contributed by atoms with Crippen molar-refractivity contribution in [3.8, 4) is 11.6 Å². The zero-order chi connectivity index (χ0) is 21.2. The fraction of sp³-hybridized carbons (Fsp3) is 0.130. The van der Waals surface area contributed by atoms with E-state index >= 15 is 0 Å². The smallest absolute Gasteiger partial charge is 0.352 e. The fourth-order valence-corrected chi connectivity index (χ4v) is 3.45. The van der Waals surface area contributed by atoms with Gasteiger partial charge in [0.25, 0.3) is 0 Å². The van der Waals surface area contributed by atoms with Crippen LogP contribution in [0.4, 0.5) is 0 Å². The molecule has 154 valence electrons. The number of hydrogen-bond acceptors (Lipinski definition) is 6. The highest BCUT2D eigenvalue weighted by Gasteiger charge is 2.15. The van der Waals surface area contributed by atoms with Crippen molar-refractivity contribution < 1.29 is 9.47 Å². The second kappa shape index (κ2) is 7.91. The number of hydrogen-bond donors (Lipinski definition) is 0. The zero-order valence-electron chi connectivity index (χ0n) is 16.8. The van der Waals surface area contributed by atoms with Crippen LogP contribution in [0.25, 0.3) is 16.7 Å². The molecule has 0 aliphatic rings. The monoisotopic (exact) mass is 413 g/mol. The first-order valence-corrected chi connectivity index (χ1v) is 9.76. The van der Waals surface area contributed by atoms with Crippen LogP contribution in [0.5, 0.6) is 11.6 Å². The van der Waals surface area contributed by atoms with Gasteiger partial charge < -0.3 is 9.47 Å². The number of rotatable bonds is 6. The van der Waals surface area contributed by atoms with Gasteiger partial charge in [-0.05, 0) is 29.3 Å². The Bertz CT molecular complexity index is 1410. The zero-order valence-corrected chi connectivity index (χ0v) is 16.8. The van der Waals surface area contributed by atoms with Crippen LogP contribution in [0.3, 0.4) is 0 Å². The fourth-order valence-electron chi connectivity index (χ4n) is 3.45. The molecule has 0 amide bonds. The number of ether oxygens (including phenoxy) is 2. The molecule has 0 aliphatic carbocycles. The Morgan fingerprint density at radius 3 is 2.48 bits per heavy atom. The third-order valence-electron chi connectivity index (χ3n) is 5.04. The van der Waals surface area contributed by atoms with E-state index < -0.39 is 0 Å². The first-order valence-electron chi connectivity index (χ1n) is 9.76. The van der Waals surface area contributed by atoms with Gasteiger partial charge >= 0.3 is 5.69 Å². The van der Waals surface area contributed by atoms with Gasteiger partial charge in [-0.15, -0.1) is 0 Å². The molecule has 8 heteroatoms. The number of pyridine rings is 1. The Labute approximate surface area is 177 Å². The van der Waals surface area contributed by atoms with E-state index in [0.29, 0.717) is 30.3 Å². The molecule has 0 N–H and O–H groups in total. The van der Waals surface area contributed by atoms with Crippen molar-refractivity contribution >= 4 is 16.7 Å². The Morgan fingerprint density at radius 1 is 0.903 bits per heavy atom. The molecule has 0 radical (unpaired) electrons. The quantitative estimate of drug-likeness (QED) is 0.425. The minimum Gasteiger partial charge on any atom is -0.497 e. The third kappa shape index (κ3) is 3.59. The lowest BCUT2D eigenvalue weighted by Gasteiger charge is -2.12. The van der Waals surface area contributed by atoms with Gasteiger partial charge in [-0.1, -0.05) is 42.5 Å². The summed E-state index contributed by atoms with van der Waals surface area (Å²) in [5.41, 5.74) is 2.61. The maximum atomic E-state index is 13.1. The van der Waals surface area contributed by atoms with Crippen molar-refractivity contribution in [3.05, 3.63) is 94.7 Å². The van der Waals surface area contributed by atoms with E-state index in [2.05, 4.69) is 15.1 Å². The van der Waals surface area contributed by atoms with Crippen LogP contribution in [0.15, 0.2) is 77.9 Å². The van der Waals surface area contributed by atoms with E-state index in [1.54, 1.807) is 17.7 Å². The van der Waals surface area contributed by atoms with E-state index in [1.807, 2.05) is 60.7 Å². The first-order chi connectivity index (χ1) is 15.2. The van der Waals surface area contributed by atoms with Gasteiger partial charge in [-0.2, -0.15) is 14.6 Å². The summed E-state index contributed by atoms with van der Waals surface area (Å²) in [7, 11) is 1.62. The van der Waals surface area contributed by atoms with Crippen LogP contribution in [-0.2, 0) is 13.2 Å². The minimum absolute atomic E-state index is 0.316. The highest BCUT2D eigenvalue weighted by atomic mass is 16.5. The molecule has 0 bridgehead atoms. The lowest BCUT2D eigenvalue weighted by Crippen LogP contribution is -2.29. The maximum Gasteiger partial charge on any atom is 0.352 e. The number of benzene rings is 2. The Balaban J connectivity index is 1.58. The normalized spacial score (nSPS) is 11.1. The summed E-state index contributed by atoms with van der Waals surface area (Å²) in [4.78, 5) is 22.0. The van der Waals surface area contributed by atoms with Crippen LogP contribution in [0.1, 0.15) is 11.1 Å². The summed E-state index contributed by atoms with van der Waals surface area (Å²) in [6.45, 7) is 0.708. The lowest BCUT2D eigenvalue weighted by molar-refractivity contribution is 0.294. The molecule has 0 saturated heterocycles. The first kappa shape index (κ1) is 18.8. The van der Waals surface area contributed by atoms with Crippen molar-refractivity contribution in [1.29, 1.82) is 0 Å². The van der Waals surface area contributed by atoms with E-state index in [1.165, 1.54) is 10.8 Å². The van der Waals surface area contributed by atoms with E-state index in [0.717, 1.165) is 22.3 Å². The van der Waals surface area contributed by atoms with E-state index in [4.69, 9.17) is 9.47 Å². The van der Waals surface area contributed by atoms with Crippen LogP contribution >= 0.6 is 0 Å². The van der Waals surface area contributed by atoms with Crippen LogP contribution in [-0.4, -0.2) is 31.3 Å². The number of aromatic nitrogens is 5. The molecular formula is C23H19N5O3. The van der Waals surface area contributed by atoms with Crippen molar-refractivity contribution in [2.45, 2.75) is 13.2 Å². The molecular weight excluding hydrogens is 394 g/mol. The van der Waals surface area contributed by atoms with Crippen molar-refractivity contribution in [2.24, 2.45) is 0 Å². The molecule has 0 unspecified atom stereocenters. The molecule has 31 heavy (non-hydrogen) atoms. The second-order valence-electron chi connectivity index (χ2n) is 7.01. The molecule has 2 aromatic carbocycles. The molecule has 0 saturated carbocycles. The highest BCUT2D eigenvalue weighted by molar-refractivity contribution is 5.89. The Kier molecular flexibility index (Phi) is 4.80. The van der Waals surface area contributed by atoms with E-state index in [9.17, 15) is 4.79 Å². The summed E-state index contributed by atoms with van der Waals surface area (Å²) < 4.78 is 14.0. The summed E-state index contributed by atoms with van der Waals surface area (Å²) in [6, 6.07) is 21.0. The minimum atomic E-state index is -0.316. The lowest BCUT2D eigenvalue weighted by atomic mass is 10.2.